The number of aliphatic carboxylic acids is 1. The number of carboxylic acid groups (broad SMARTS) is 1. The molecule has 6 N–H and O–H groups in total. The number of hydrogen-bond acceptors (Lipinski definition) is 9. The zero-order chi connectivity index (χ0) is 36.8. The molecule has 13 nitrogen and oxygen atoms in total. The molecule has 0 aliphatic heterocycles. The molecule has 51 heavy (non-hydrogen) atoms. The summed E-state index contributed by atoms with van der Waals surface area (Å²) in [6.45, 7) is -0.890. The van der Waals surface area contributed by atoms with Gasteiger partial charge in [-0.1, -0.05) is 121 Å². The highest BCUT2D eigenvalue weighted by molar-refractivity contribution is 6.20. The molecule has 13 heteroatoms. The van der Waals surface area contributed by atoms with Gasteiger partial charge in [-0.2, -0.15) is 0 Å². The Morgan fingerprint density at radius 3 is 1.63 bits per heavy atom. The van der Waals surface area contributed by atoms with Crippen LogP contribution in [0.2, 0.25) is 0 Å². The minimum atomic E-state index is -2.91. The molecule has 0 aliphatic rings. The summed E-state index contributed by atoms with van der Waals surface area (Å²) in [7, 11) is 0. The molecule has 4 rings (SSSR count). The van der Waals surface area contributed by atoms with E-state index in [0.29, 0.717) is 16.7 Å². The smallest absolute Gasteiger partial charge is 0.418 e. The summed E-state index contributed by atoms with van der Waals surface area (Å²) in [5, 5.41) is 18.9. The van der Waals surface area contributed by atoms with E-state index >= 15 is 0 Å². The molecule has 3 amide bonds. The first-order chi connectivity index (χ1) is 24.5. The van der Waals surface area contributed by atoms with E-state index in [1.165, 1.54) is 24.3 Å². The lowest BCUT2D eigenvalue weighted by atomic mass is 9.82. The molecule has 0 radical (unpaired) electrons. The SMILES string of the molecule is N=C(N)N(CCC[C@](C(=O)O)(C(=O)c1ccccc1)N(C(=O)OCc1ccccc1)C(=O)[C@@H](N)Cc1ccccc1)C(=O)OCc1ccccc1. The van der Waals surface area contributed by atoms with Gasteiger partial charge in [0.2, 0.25) is 11.3 Å². The van der Waals surface area contributed by atoms with Gasteiger partial charge in [-0.25, -0.2) is 24.2 Å². The number of hydrogen-bond donors (Lipinski definition) is 4. The first kappa shape index (κ1) is 37.5. The number of nitrogens with zero attached hydrogens (tertiary/aromatic N) is 2. The number of imide groups is 1. The van der Waals surface area contributed by atoms with Crippen molar-refractivity contribution < 1.29 is 38.6 Å². The summed E-state index contributed by atoms with van der Waals surface area (Å²) in [4.78, 5) is 70.2. The van der Waals surface area contributed by atoms with Crippen LogP contribution in [0.25, 0.3) is 0 Å². The zero-order valence-electron chi connectivity index (χ0n) is 27.7. The Labute approximate surface area is 294 Å². The van der Waals surface area contributed by atoms with Crippen molar-refractivity contribution in [2.45, 2.75) is 44.1 Å². The fourth-order valence-electron chi connectivity index (χ4n) is 5.39. The number of nitrogens with one attached hydrogen (secondary N) is 1. The highest BCUT2D eigenvalue weighted by atomic mass is 16.6. The monoisotopic (exact) mass is 693 g/mol. The molecule has 4 aromatic carbocycles. The van der Waals surface area contributed by atoms with Gasteiger partial charge in [-0.05, 0) is 36.0 Å². The third-order valence-electron chi connectivity index (χ3n) is 8.01. The fraction of sp³-hybridized carbons (Fsp3) is 0.211. The summed E-state index contributed by atoms with van der Waals surface area (Å²) in [6.07, 6.45) is -3.56. The van der Waals surface area contributed by atoms with Crippen LogP contribution in [-0.2, 0) is 38.7 Å². The highest BCUT2D eigenvalue weighted by Crippen LogP contribution is 2.30. The highest BCUT2D eigenvalue weighted by Gasteiger charge is 2.57. The molecule has 264 valence electrons. The standard InChI is InChI=1S/C38H39N5O8/c39-31(24-27-14-5-1-6-15-27)33(45)43(37(49)51-26-29-18-9-3-10-19-29)38(34(46)47,32(44)30-20-11-4-12-21-30)22-13-23-42(35(40)41)36(48)50-25-28-16-7-2-8-17-28/h1-12,14-21,31H,13,22-26,39H2,(H3,40,41)(H,46,47)/t31-,38+/m0/s1. The van der Waals surface area contributed by atoms with Crippen molar-refractivity contribution in [2.75, 3.05) is 6.54 Å². The summed E-state index contributed by atoms with van der Waals surface area (Å²) in [5.41, 5.74) is 10.9. The van der Waals surface area contributed by atoms with Crippen molar-refractivity contribution in [1.82, 2.24) is 9.80 Å². The van der Waals surface area contributed by atoms with Crippen LogP contribution in [0.4, 0.5) is 9.59 Å². The molecule has 2 atom stereocenters. The maximum atomic E-state index is 14.4. The predicted octanol–water partition coefficient (Wildman–Crippen LogP) is 4.74. The number of rotatable bonds is 15. The van der Waals surface area contributed by atoms with Crippen LogP contribution in [-0.4, -0.2) is 68.8 Å². The van der Waals surface area contributed by atoms with E-state index in [1.807, 2.05) is 0 Å². The summed E-state index contributed by atoms with van der Waals surface area (Å²) >= 11 is 0. The molecule has 0 aromatic heterocycles. The molecular weight excluding hydrogens is 654 g/mol. The fourth-order valence-corrected chi connectivity index (χ4v) is 5.39. The van der Waals surface area contributed by atoms with Crippen molar-refractivity contribution >= 4 is 35.8 Å². The van der Waals surface area contributed by atoms with Gasteiger partial charge in [0.1, 0.15) is 13.2 Å². The van der Waals surface area contributed by atoms with E-state index in [9.17, 15) is 29.1 Å². The van der Waals surface area contributed by atoms with Gasteiger partial charge in [-0.15, -0.1) is 0 Å². The Hall–Kier alpha value is -6.34. The minimum Gasteiger partial charge on any atom is -0.479 e. The molecule has 0 heterocycles. The van der Waals surface area contributed by atoms with Gasteiger partial charge < -0.3 is 26.0 Å². The molecular formula is C38H39N5O8. The van der Waals surface area contributed by atoms with Crippen LogP contribution >= 0.6 is 0 Å². The van der Waals surface area contributed by atoms with Gasteiger partial charge in [0, 0.05) is 12.1 Å². The average Bonchev–Trinajstić information content (AvgIpc) is 3.15. The van der Waals surface area contributed by atoms with Crippen LogP contribution in [0.15, 0.2) is 121 Å². The topological polar surface area (TPSA) is 206 Å². The number of carbonyl (C=O) groups excluding carboxylic acids is 4. The molecule has 0 fully saturated rings. The van der Waals surface area contributed by atoms with E-state index in [2.05, 4.69) is 0 Å². The largest absolute Gasteiger partial charge is 0.479 e. The maximum absolute atomic E-state index is 14.4. The Morgan fingerprint density at radius 2 is 1.16 bits per heavy atom. The van der Waals surface area contributed by atoms with Crippen LogP contribution < -0.4 is 11.5 Å². The number of nitrogens with two attached hydrogens (primary N) is 2. The summed E-state index contributed by atoms with van der Waals surface area (Å²) < 4.78 is 10.8. The Bertz CT molecular complexity index is 1810. The Morgan fingerprint density at radius 1 is 0.706 bits per heavy atom. The Balaban J connectivity index is 1.72. The van der Waals surface area contributed by atoms with Crippen molar-refractivity contribution in [2.24, 2.45) is 11.5 Å². The van der Waals surface area contributed by atoms with E-state index in [1.54, 1.807) is 97.1 Å². The van der Waals surface area contributed by atoms with E-state index in [4.69, 9.17) is 26.4 Å². The van der Waals surface area contributed by atoms with Crippen LogP contribution in [0, 0.1) is 5.41 Å². The first-order valence-electron chi connectivity index (χ1n) is 16.0. The lowest BCUT2D eigenvalue weighted by molar-refractivity contribution is -0.155. The number of ketones is 1. The minimum absolute atomic E-state index is 0.0945. The second-order valence-electron chi connectivity index (χ2n) is 11.6. The zero-order valence-corrected chi connectivity index (χ0v) is 27.7. The number of amides is 3. The molecule has 0 saturated heterocycles. The van der Waals surface area contributed by atoms with E-state index < -0.39 is 60.4 Å². The third-order valence-corrected chi connectivity index (χ3v) is 8.01. The first-order valence-corrected chi connectivity index (χ1v) is 16.0. The van der Waals surface area contributed by atoms with Gasteiger partial charge in [0.05, 0.1) is 6.04 Å². The molecule has 0 unspecified atom stereocenters. The van der Waals surface area contributed by atoms with Crippen molar-refractivity contribution in [1.29, 1.82) is 5.41 Å². The predicted molar refractivity (Wildman–Crippen MR) is 187 cm³/mol. The van der Waals surface area contributed by atoms with Gasteiger partial charge >= 0.3 is 18.2 Å². The number of carboxylic acids is 1. The van der Waals surface area contributed by atoms with E-state index in [0.717, 1.165) is 4.90 Å². The Kier molecular flexibility index (Phi) is 13.1. The van der Waals surface area contributed by atoms with Gasteiger partial charge in [-0.3, -0.25) is 15.0 Å². The summed E-state index contributed by atoms with van der Waals surface area (Å²) in [5.74, 6) is -4.82. The molecule has 0 aliphatic carbocycles. The number of ether oxygens (including phenoxy) is 2. The lowest BCUT2D eigenvalue weighted by Gasteiger charge is -2.38. The molecule has 4 aromatic rings. The average molecular weight is 694 g/mol. The van der Waals surface area contributed by atoms with Crippen molar-refractivity contribution in [3.8, 4) is 0 Å². The van der Waals surface area contributed by atoms with Gasteiger partial charge in [0.15, 0.2) is 5.96 Å². The van der Waals surface area contributed by atoms with Gasteiger partial charge in [0.25, 0.3) is 5.91 Å². The molecule has 0 spiro atoms. The van der Waals surface area contributed by atoms with Crippen LogP contribution in [0.5, 0.6) is 0 Å². The second kappa shape index (κ2) is 17.9. The normalized spacial score (nSPS) is 12.4. The quantitative estimate of drug-likeness (QED) is 0.0582. The van der Waals surface area contributed by atoms with Crippen molar-refractivity contribution in [3.63, 3.8) is 0 Å². The number of benzene rings is 4. The number of guanidine groups is 1. The van der Waals surface area contributed by atoms with E-state index in [-0.39, 0.29) is 36.5 Å². The molecule has 0 saturated carbocycles. The maximum Gasteiger partial charge on any atom is 0.418 e. The van der Waals surface area contributed by atoms with Crippen LogP contribution in [0.1, 0.15) is 39.9 Å². The van der Waals surface area contributed by atoms with Crippen molar-refractivity contribution in [3.05, 3.63) is 144 Å². The summed E-state index contributed by atoms with van der Waals surface area (Å²) in [6, 6.07) is 31.7. The lowest BCUT2D eigenvalue weighted by Crippen LogP contribution is -2.67. The number of carbonyl (C=O) groups is 5. The van der Waals surface area contributed by atoms with Crippen LogP contribution in [0.3, 0.4) is 0 Å². The third kappa shape index (κ3) is 9.64. The molecule has 0 bridgehead atoms. The second-order valence-corrected chi connectivity index (χ2v) is 11.6. The number of Topliss-reactive ketones (excluding diaryl/α,β-unsaturated/α-hetero) is 1.